The minimum absolute atomic E-state index is 0.127. The molecule has 0 spiro atoms. The second kappa shape index (κ2) is 6.60. The minimum Gasteiger partial charge on any atom is -0.297 e. The Labute approximate surface area is 143 Å². The SMILES string of the molecule is O=C(Nc1nc(-c2ccc(F)cc2)ns1)c1cccc(C(F)(F)F)c1. The van der Waals surface area contributed by atoms with Gasteiger partial charge in [-0.3, -0.25) is 10.1 Å². The zero-order valence-electron chi connectivity index (χ0n) is 12.3. The van der Waals surface area contributed by atoms with E-state index in [1.54, 1.807) is 0 Å². The van der Waals surface area contributed by atoms with Gasteiger partial charge in [-0.2, -0.15) is 22.5 Å². The van der Waals surface area contributed by atoms with Crippen LogP contribution in [0.2, 0.25) is 0 Å². The maximum absolute atomic E-state index is 12.9. The largest absolute Gasteiger partial charge is 0.416 e. The summed E-state index contributed by atoms with van der Waals surface area (Å²) < 4.78 is 55.0. The molecule has 1 amide bonds. The zero-order valence-corrected chi connectivity index (χ0v) is 13.2. The van der Waals surface area contributed by atoms with Crippen molar-refractivity contribution in [2.75, 3.05) is 5.32 Å². The van der Waals surface area contributed by atoms with Crippen molar-refractivity contribution in [2.24, 2.45) is 0 Å². The standard InChI is InChI=1S/C16H9F4N3OS/c17-12-6-4-9(5-7-12)13-21-15(25-23-13)22-14(24)10-2-1-3-11(8-10)16(18,19)20/h1-8H,(H,21,22,23,24). The van der Waals surface area contributed by atoms with Crippen molar-refractivity contribution in [3.05, 3.63) is 65.5 Å². The fraction of sp³-hybridized carbons (Fsp3) is 0.0625. The molecule has 1 heterocycles. The van der Waals surface area contributed by atoms with Gasteiger partial charge in [-0.25, -0.2) is 4.39 Å². The lowest BCUT2D eigenvalue weighted by molar-refractivity contribution is -0.137. The molecular formula is C16H9F4N3OS. The van der Waals surface area contributed by atoms with Crippen LogP contribution in [0.1, 0.15) is 15.9 Å². The first-order valence-corrected chi connectivity index (χ1v) is 7.68. The molecule has 25 heavy (non-hydrogen) atoms. The van der Waals surface area contributed by atoms with Gasteiger partial charge in [0.2, 0.25) is 5.13 Å². The van der Waals surface area contributed by atoms with Gasteiger partial charge in [0.15, 0.2) is 5.82 Å². The van der Waals surface area contributed by atoms with E-state index in [1.165, 1.54) is 30.3 Å². The molecule has 0 atom stereocenters. The number of carbonyl (C=O) groups excluding carboxylic acids is 1. The molecule has 0 bridgehead atoms. The van der Waals surface area contributed by atoms with E-state index in [2.05, 4.69) is 14.7 Å². The summed E-state index contributed by atoms with van der Waals surface area (Å²) in [7, 11) is 0. The van der Waals surface area contributed by atoms with Gasteiger partial charge in [0, 0.05) is 22.7 Å². The third-order valence-corrected chi connectivity index (χ3v) is 3.83. The lowest BCUT2D eigenvalue weighted by atomic mass is 10.1. The fourth-order valence-electron chi connectivity index (χ4n) is 2.00. The molecule has 0 aliphatic rings. The van der Waals surface area contributed by atoms with E-state index in [4.69, 9.17) is 0 Å². The van der Waals surface area contributed by atoms with E-state index in [-0.39, 0.29) is 16.5 Å². The van der Waals surface area contributed by atoms with Crippen LogP contribution in [0.15, 0.2) is 48.5 Å². The van der Waals surface area contributed by atoms with Gasteiger partial charge in [0.05, 0.1) is 5.56 Å². The van der Waals surface area contributed by atoms with E-state index in [0.29, 0.717) is 5.56 Å². The number of anilines is 1. The molecule has 3 rings (SSSR count). The number of aromatic nitrogens is 2. The first-order chi connectivity index (χ1) is 11.8. The Morgan fingerprint density at radius 2 is 1.80 bits per heavy atom. The summed E-state index contributed by atoms with van der Waals surface area (Å²) in [6.07, 6.45) is -4.53. The normalized spacial score (nSPS) is 11.4. The second-order valence-electron chi connectivity index (χ2n) is 4.96. The second-order valence-corrected chi connectivity index (χ2v) is 5.71. The number of rotatable bonds is 3. The number of halogens is 4. The fourth-order valence-corrected chi connectivity index (χ4v) is 2.58. The Balaban J connectivity index is 1.77. The number of hydrogen-bond donors (Lipinski definition) is 1. The highest BCUT2D eigenvalue weighted by Crippen LogP contribution is 2.30. The molecule has 2 aromatic carbocycles. The topological polar surface area (TPSA) is 54.9 Å². The van der Waals surface area contributed by atoms with Crippen LogP contribution >= 0.6 is 11.5 Å². The molecule has 128 valence electrons. The predicted octanol–water partition coefficient (Wildman–Crippen LogP) is 4.62. The molecular weight excluding hydrogens is 358 g/mol. The monoisotopic (exact) mass is 367 g/mol. The van der Waals surface area contributed by atoms with Crippen LogP contribution in [0.25, 0.3) is 11.4 Å². The number of carbonyl (C=O) groups is 1. The van der Waals surface area contributed by atoms with Crippen LogP contribution in [0.3, 0.4) is 0 Å². The van der Waals surface area contributed by atoms with E-state index in [1.807, 2.05) is 0 Å². The lowest BCUT2D eigenvalue weighted by Crippen LogP contribution is -2.13. The van der Waals surface area contributed by atoms with Gasteiger partial charge in [0.25, 0.3) is 5.91 Å². The number of alkyl halides is 3. The molecule has 0 unspecified atom stereocenters. The van der Waals surface area contributed by atoms with Gasteiger partial charge in [-0.15, -0.1) is 0 Å². The van der Waals surface area contributed by atoms with E-state index >= 15 is 0 Å². The van der Waals surface area contributed by atoms with Gasteiger partial charge >= 0.3 is 6.18 Å². The summed E-state index contributed by atoms with van der Waals surface area (Å²) in [5.74, 6) is -0.852. The Hall–Kier alpha value is -2.81. The van der Waals surface area contributed by atoms with Crippen LogP contribution in [0, 0.1) is 5.82 Å². The Kier molecular flexibility index (Phi) is 4.49. The van der Waals surface area contributed by atoms with Crippen LogP contribution in [0.4, 0.5) is 22.7 Å². The van der Waals surface area contributed by atoms with Crippen LogP contribution in [-0.2, 0) is 6.18 Å². The predicted molar refractivity (Wildman–Crippen MR) is 84.7 cm³/mol. The molecule has 1 aromatic heterocycles. The Morgan fingerprint density at radius 3 is 2.48 bits per heavy atom. The first kappa shape index (κ1) is 17.0. The quantitative estimate of drug-likeness (QED) is 0.688. The smallest absolute Gasteiger partial charge is 0.297 e. The molecule has 0 saturated heterocycles. The highest BCUT2D eigenvalue weighted by Gasteiger charge is 2.31. The molecule has 1 N–H and O–H groups in total. The number of benzene rings is 2. The van der Waals surface area contributed by atoms with Crippen molar-refractivity contribution < 1.29 is 22.4 Å². The van der Waals surface area contributed by atoms with E-state index in [9.17, 15) is 22.4 Å². The van der Waals surface area contributed by atoms with E-state index in [0.717, 1.165) is 29.7 Å². The third-order valence-electron chi connectivity index (χ3n) is 3.20. The molecule has 0 aliphatic carbocycles. The van der Waals surface area contributed by atoms with Crippen LogP contribution in [-0.4, -0.2) is 15.3 Å². The van der Waals surface area contributed by atoms with Crippen molar-refractivity contribution in [3.63, 3.8) is 0 Å². The van der Waals surface area contributed by atoms with Crippen LogP contribution in [0.5, 0.6) is 0 Å². The van der Waals surface area contributed by atoms with Crippen LogP contribution < -0.4 is 5.32 Å². The summed E-state index contributed by atoms with van der Waals surface area (Å²) in [5, 5.41) is 2.53. The van der Waals surface area contributed by atoms with Gasteiger partial charge in [-0.05, 0) is 42.5 Å². The molecule has 0 saturated carbocycles. The number of amides is 1. The number of nitrogens with zero attached hydrogens (tertiary/aromatic N) is 2. The van der Waals surface area contributed by atoms with Gasteiger partial charge in [0.1, 0.15) is 5.82 Å². The summed E-state index contributed by atoms with van der Waals surface area (Å²) in [6, 6.07) is 9.53. The Bertz CT molecular complexity index is 906. The highest BCUT2D eigenvalue weighted by molar-refractivity contribution is 7.10. The van der Waals surface area contributed by atoms with E-state index < -0.39 is 23.5 Å². The average molecular weight is 367 g/mol. The minimum atomic E-state index is -4.53. The molecule has 0 fully saturated rings. The third kappa shape index (κ3) is 4.00. The summed E-state index contributed by atoms with van der Waals surface area (Å²) in [6.45, 7) is 0. The maximum Gasteiger partial charge on any atom is 0.416 e. The number of hydrogen-bond acceptors (Lipinski definition) is 4. The lowest BCUT2D eigenvalue weighted by Gasteiger charge is -2.08. The summed E-state index contributed by atoms with van der Waals surface area (Å²) in [4.78, 5) is 16.2. The maximum atomic E-state index is 12.9. The average Bonchev–Trinajstić information content (AvgIpc) is 3.03. The van der Waals surface area contributed by atoms with Crippen molar-refractivity contribution in [1.82, 2.24) is 9.36 Å². The van der Waals surface area contributed by atoms with Gasteiger partial charge < -0.3 is 0 Å². The molecule has 0 radical (unpaired) electrons. The first-order valence-electron chi connectivity index (χ1n) is 6.91. The molecule has 9 heteroatoms. The van der Waals surface area contributed by atoms with Crippen molar-refractivity contribution in [1.29, 1.82) is 0 Å². The molecule has 3 aromatic rings. The van der Waals surface area contributed by atoms with Crippen molar-refractivity contribution >= 4 is 22.6 Å². The zero-order chi connectivity index (χ0) is 18.0. The van der Waals surface area contributed by atoms with Crippen molar-refractivity contribution in [2.45, 2.75) is 6.18 Å². The number of nitrogens with one attached hydrogen (secondary N) is 1. The molecule has 4 nitrogen and oxygen atoms in total. The Morgan fingerprint density at radius 1 is 1.08 bits per heavy atom. The summed E-state index contributed by atoms with van der Waals surface area (Å²) >= 11 is 0.872. The molecule has 0 aliphatic heterocycles. The summed E-state index contributed by atoms with van der Waals surface area (Å²) in [5.41, 5.74) is -0.505. The van der Waals surface area contributed by atoms with Crippen molar-refractivity contribution in [3.8, 4) is 11.4 Å². The van der Waals surface area contributed by atoms with Gasteiger partial charge in [-0.1, -0.05) is 6.07 Å². The highest BCUT2D eigenvalue weighted by atomic mass is 32.1.